The predicted octanol–water partition coefficient (Wildman–Crippen LogP) is 4.45. The van der Waals surface area contributed by atoms with Gasteiger partial charge in [0, 0.05) is 24.2 Å². The van der Waals surface area contributed by atoms with Crippen molar-refractivity contribution in [3.8, 4) is 5.75 Å². The van der Waals surface area contributed by atoms with Crippen LogP contribution in [0.15, 0.2) is 60.3 Å². The molecule has 2 heterocycles. The van der Waals surface area contributed by atoms with E-state index < -0.39 is 0 Å². The summed E-state index contributed by atoms with van der Waals surface area (Å²) in [4.78, 5) is 28.6. The fraction of sp³-hybridized carbons (Fsp3) is 0.333. The average Bonchev–Trinajstić information content (AvgIpc) is 3.07. The van der Waals surface area contributed by atoms with Crippen LogP contribution in [0.25, 0.3) is 0 Å². The van der Waals surface area contributed by atoms with Gasteiger partial charge < -0.3 is 9.64 Å². The number of halogens is 1. The minimum atomic E-state index is -0.293. The fourth-order valence-corrected chi connectivity index (χ4v) is 4.27. The van der Waals surface area contributed by atoms with Gasteiger partial charge in [-0.25, -0.2) is 4.90 Å². The van der Waals surface area contributed by atoms with Crippen LogP contribution in [0.5, 0.6) is 5.75 Å². The molecule has 2 amide bonds. The maximum Gasteiger partial charge on any atom is 0.281 e. The number of nitrogens with zero attached hydrogens (tertiary/aromatic N) is 2. The smallest absolute Gasteiger partial charge is 0.281 e. The molecule has 0 aliphatic carbocycles. The van der Waals surface area contributed by atoms with Crippen LogP contribution in [0.2, 0.25) is 5.02 Å². The molecule has 0 N–H and O–H groups in total. The van der Waals surface area contributed by atoms with Crippen molar-refractivity contribution in [2.45, 2.75) is 25.7 Å². The lowest BCUT2D eigenvalue weighted by atomic mass is 9.90. The number of aryl methyl sites for hydroxylation is 1. The summed E-state index contributed by atoms with van der Waals surface area (Å²) < 4.78 is 5.21. The summed E-state index contributed by atoms with van der Waals surface area (Å²) in [6.07, 6.45) is 5.68. The van der Waals surface area contributed by atoms with Crippen molar-refractivity contribution in [3.05, 3.63) is 70.9 Å². The van der Waals surface area contributed by atoms with Crippen molar-refractivity contribution in [1.82, 2.24) is 4.90 Å². The first-order valence-corrected chi connectivity index (χ1v) is 10.7. The van der Waals surface area contributed by atoms with Gasteiger partial charge in [0.1, 0.15) is 11.4 Å². The number of imide groups is 1. The largest absolute Gasteiger partial charge is 0.497 e. The zero-order valence-corrected chi connectivity index (χ0v) is 17.8. The first-order chi connectivity index (χ1) is 14.5. The highest BCUT2D eigenvalue weighted by atomic mass is 35.5. The number of carbonyl (C=O) groups is 2. The van der Waals surface area contributed by atoms with Crippen LogP contribution in [-0.2, 0) is 16.0 Å². The van der Waals surface area contributed by atoms with Gasteiger partial charge in [-0.3, -0.25) is 9.59 Å². The van der Waals surface area contributed by atoms with Crippen molar-refractivity contribution in [2.24, 2.45) is 5.92 Å². The molecule has 0 radical (unpaired) electrons. The van der Waals surface area contributed by atoms with Crippen LogP contribution >= 0.6 is 11.6 Å². The second-order valence-electron chi connectivity index (χ2n) is 7.80. The highest BCUT2D eigenvalue weighted by molar-refractivity contribution is 6.32. The zero-order valence-electron chi connectivity index (χ0n) is 17.0. The van der Waals surface area contributed by atoms with Crippen molar-refractivity contribution < 1.29 is 14.3 Å². The minimum absolute atomic E-state index is 0.251. The molecule has 0 aromatic heterocycles. The van der Waals surface area contributed by atoms with Gasteiger partial charge in [0.15, 0.2) is 0 Å². The summed E-state index contributed by atoms with van der Waals surface area (Å²) in [5, 5.41) is 0.572. The number of methoxy groups -OCH3 is 1. The molecule has 0 bridgehead atoms. The number of carbonyl (C=O) groups excluding carboxylic acids is 2. The summed E-state index contributed by atoms with van der Waals surface area (Å²) in [5.41, 5.74) is 2.37. The van der Waals surface area contributed by atoms with Crippen LogP contribution in [0.3, 0.4) is 0 Å². The Morgan fingerprint density at radius 1 is 1.00 bits per heavy atom. The molecule has 1 saturated heterocycles. The molecule has 0 atom stereocenters. The number of rotatable bonds is 6. The average molecular weight is 425 g/mol. The van der Waals surface area contributed by atoms with Crippen LogP contribution in [0, 0.1) is 5.92 Å². The SMILES string of the molecule is COc1ccc(CCC2CCN(C3=CC(=O)N(c4ccc(Cl)cc4)C3=O)CC2)cc1. The van der Waals surface area contributed by atoms with Crippen molar-refractivity contribution in [2.75, 3.05) is 25.1 Å². The highest BCUT2D eigenvalue weighted by Gasteiger charge is 2.36. The van der Waals surface area contributed by atoms with Gasteiger partial charge >= 0.3 is 0 Å². The third-order valence-electron chi connectivity index (χ3n) is 5.94. The molecule has 0 unspecified atom stereocenters. The van der Waals surface area contributed by atoms with E-state index in [1.54, 1.807) is 31.4 Å². The number of hydrogen-bond acceptors (Lipinski definition) is 4. The number of benzene rings is 2. The van der Waals surface area contributed by atoms with E-state index in [1.165, 1.54) is 16.5 Å². The molecule has 4 rings (SSSR count). The van der Waals surface area contributed by atoms with E-state index in [1.807, 2.05) is 12.1 Å². The second-order valence-corrected chi connectivity index (χ2v) is 8.24. The first-order valence-electron chi connectivity index (χ1n) is 10.3. The summed E-state index contributed by atoms with van der Waals surface area (Å²) in [7, 11) is 1.68. The number of piperidine rings is 1. The molecule has 156 valence electrons. The minimum Gasteiger partial charge on any atom is -0.497 e. The molecule has 1 fully saturated rings. The van der Waals surface area contributed by atoms with Gasteiger partial charge in [-0.15, -0.1) is 0 Å². The Hall–Kier alpha value is -2.79. The summed E-state index contributed by atoms with van der Waals surface area (Å²) in [6.45, 7) is 1.60. The Kier molecular flexibility index (Phi) is 6.09. The number of amides is 2. The molecule has 2 aromatic rings. The van der Waals surface area contributed by atoms with Crippen molar-refractivity contribution >= 4 is 29.1 Å². The molecule has 0 saturated carbocycles. The van der Waals surface area contributed by atoms with Gasteiger partial charge in [-0.1, -0.05) is 23.7 Å². The van der Waals surface area contributed by atoms with Crippen LogP contribution in [-0.4, -0.2) is 36.9 Å². The summed E-state index contributed by atoms with van der Waals surface area (Å²) in [6, 6.07) is 15.0. The van der Waals surface area contributed by atoms with E-state index >= 15 is 0 Å². The Morgan fingerprint density at radius 2 is 1.67 bits per heavy atom. The first kappa shape index (κ1) is 20.5. The highest BCUT2D eigenvalue weighted by Crippen LogP contribution is 2.30. The van der Waals surface area contributed by atoms with E-state index in [4.69, 9.17) is 16.3 Å². The Labute approximate surface area is 181 Å². The van der Waals surface area contributed by atoms with E-state index in [0.717, 1.165) is 44.5 Å². The lowest BCUT2D eigenvalue weighted by Crippen LogP contribution is -2.39. The Morgan fingerprint density at radius 3 is 2.30 bits per heavy atom. The van der Waals surface area contributed by atoms with E-state index in [0.29, 0.717) is 22.3 Å². The third kappa shape index (κ3) is 4.36. The van der Waals surface area contributed by atoms with Crippen LogP contribution in [0.4, 0.5) is 5.69 Å². The van der Waals surface area contributed by atoms with E-state index in [-0.39, 0.29) is 11.8 Å². The summed E-state index contributed by atoms with van der Waals surface area (Å²) in [5.74, 6) is 0.963. The summed E-state index contributed by atoms with van der Waals surface area (Å²) >= 11 is 5.92. The standard InChI is InChI=1S/C24H25ClN2O3/c1-30-21-10-4-17(5-11-21)2-3-18-12-14-26(15-13-18)22-16-23(28)27(24(22)29)20-8-6-19(25)7-9-20/h4-11,16,18H,2-3,12-15H2,1H3. The van der Waals surface area contributed by atoms with Gasteiger partial charge in [-0.2, -0.15) is 0 Å². The fourth-order valence-electron chi connectivity index (χ4n) is 4.14. The lowest BCUT2D eigenvalue weighted by Gasteiger charge is -2.33. The van der Waals surface area contributed by atoms with Crippen LogP contribution < -0.4 is 9.64 Å². The molecular weight excluding hydrogens is 400 g/mol. The molecule has 5 nitrogen and oxygen atoms in total. The lowest BCUT2D eigenvalue weighted by molar-refractivity contribution is -0.121. The van der Waals surface area contributed by atoms with Crippen molar-refractivity contribution in [1.29, 1.82) is 0 Å². The third-order valence-corrected chi connectivity index (χ3v) is 6.20. The molecule has 30 heavy (non-hydrogen) atoms. The van der Waals surface area contributed by atoms with E-state index in [2.05, 4.69) is 17.0 Å². The maximum absolute atomic E-state index is 12.9. The van der Waals surface area contributed by atoms with Gasteiger partial charge in [0.25, 0.3) is 11.8 Å². The van der Waals surface area contributed by atoms with Gasteiger partial charge in [0.05, 0.1) is 12.8 Å². The van der Waals surface area contributed by atoms with Gasteiger partial charge in [-0.05, 0) is 73.6 Å². The topological polar surface area (TPSA) is 49.9 Å². The van der Waals surface area contributed by atoms with Gasteiger partial charge in [0.2, 0.25) is 0 Å². The zero-order chi connectivity index (χ0) is 21.1. The predicted molar refractivity (Wildman–Crippen MR) is 118 cm³/mol. The van der Waals surface area contributed by atoms with Crippen molar-refractivity contribution in [3.63, 3.8) is 0 Å². The maximum atomic E-state index is 12.9. The monoisotopic (exact) mass is 424 g/mol. The normalized spacial score (nSPS) is 17.5. The number of ether oxygens (including phenoxy) is 1. The van der Waals surface area contributed by atoms with Crippen LogP contribution in [0.1, 0.15) is 24.8 Å². The quantitative estimate of drug-likeness (QED) is 0.643. The molecule has 0 spiro atoms. The molecule has 2 aliphatic rings. The Bertz CT molecular complexity index is 945. The van der Waals surface area contributed by atoms with E-state index in [9.17, 15) is 9.59 Å². The number of anilines is 1. The molecular formula is C24H25ClN2O3. The number of likely N-dealkylation sites (tertiary alicyclic amines) is 1. The molecule has 6 heteroatoms. The number of hydrogen-bond donors (Lipinski definition) is 0. The molecule has 2 aromatic carbocycles. The second kappa shape index (κ2) is 8.92. The molecule has 2 aliphatic heterocycles. The Balaban J connectivity index is 1.31.